The van der Waals surface area contributed by atoms with Crippen molar-refractivity contribution >= 4 is 17.9 Å². The second kappa shape index (κ2) is 12.7. The van der Waals surface area contributed by atoms with Crippen molar-refractivity contribution in [2.75, 3.05) is 13.2 Å². The average molecular weight is 495 g/mol. The van der Waals surface area contributed by atoms with Gasteiger partial charge in [-0.25, -0.2) is 0 Å². The third-order valence-electron chi connectivity index (χ3n) is 4.95. The van der Waals surface area contributed by atoms with Gasteiger partial charge in [-0.05, 0) is 27.9 Å². The molecular formula is C28H46O7. The van der Waals surface area contributed by atoms with Crippen molar-refractivity contribution in [2.24, 2.45) is 16.2 Å². The molecule has 0 radical (unpaired) electrons. The van der Waals surface area contributed by atoms with Crippen molar-refractivity contribution in [3.05, 3.63) is 24.3 Å². The van der Waals surface area contributed by atoms with Gasteiger partial charge in [0.1, 0.15) is 18.8 Å². The van der Waals surface area contributed by atoms with Crippen LogP contribution in [0.3, 0.4) is 0 Å². The fourth-order valence-corrected chi connectivity index (χ4v) is 3.59. The van der Waals surface area contributed by atoms with Crippen LogP contribution in [0.1, 0.15) is 88.0 Å². The molecule has 0 bridgehead atoms. The molecule has 0 aromatic carbocycles. The van der Waals surface area contributed by atoms with Gasteiger partial charge in [0.05, 0.1) is 25.9 Å². The summed E-state index contributed by atoms with van der Waals surface area (Å²) in [4.78, 5) is 37.7. The van der Waals surface area contributed by atoms with Crippen molar-refractivity contribution in [1.29, 1.82) is 0 Å². The van der Waals surface area contributed by atoms with Crippen LogP contribution in [0.15, 0.2) is 24.3 Å². The molecule has 0 saturated carbocycles. The largest absolute Gasteiger partial charge is 0.461 e. The molecule has 0 N–H and O–H groups in total. The van der Waals surface area contributed by atoms with Gasteiger partial charge in [-0.3, -0.25) is 14.4 Å². The van der Waals surface area contributed by atoms with Crippen molar-refractivity contribution in [3.8, 4) is 0 Å². The third kappa shape index (κ3) is 13.5. The lowest BCUT2D eigenvalue weighted by Gasteiger charge is -2.36. The van der Waals surface area contributed by atoms with E-state index in [0.29, 0.717) is 0 Å². The molecule has 200 valence electrons. The van der Waals surface area contributed by atoms with E-state index in [-0.39, 0.29) is 73.0 Å². The van der Waals surface area contributed by atoms with E-state index in [9.17, 15) is 14.4 Å². The first-order chi connectivity index (χ1) is 15.9. The van der Waals surface area contributed by atoms with E-state index in [4.69, 9.17) is 18.9 Å². The topological polar surface area (TPSA) is 88.1 Å². The van der Waals surface area contributed by atoms with Gasteiger partial charge in [0, 0.05) is 6.42 Å². The van der Waals surface area contributed by atoms with Crippen molar-refractivity contribution in [1.82, 2.24) is 0 Å². The van der Waals surface area contributed by atoms with Crippen molar-refractivity contribution in [3.63, 3.8) is 0 Å². The van der Waals surface area contributed by atoms with Crippen molar-refractivity contribution in [2.45, 2.75) is 106 Å². The molecule has 0 aromatic heterocycles. The highest BCUT2D eigenvalue weighted by Gasteiger charge is 2.40. The number of esters is 3. The second-order valence-electron chi connectivity index (χ2n) is 13.0. The molecule has 0 unspecified atom stereocenters. The molecule has 0 saturated heterocycles. The lowest BCUT2D eigenvalue weighted by Crippen LogP contribution is -2.47. The predicted octanol–water partition coefficient (Wildman–Crippen LogP) is 5.56. The van der Waals surface area contributed by atoms with Gasteiger partial charge in [0.15, 0.2) is 6.10 Å². The Labute approximate surface area is 211 Å². The monoisotopic (exact) mass is 494 g/mol. The number of carbonyl (C=O) groups is 3. The Hall–Kier alpha value is -2.15. The summed E-state index contributed by atoms with van der Waals surface area (Å²) in [6.45, 7) is 21.6. The van der Waals surface area contributed by atoms with Crippen LogP contribution >= 0.6 is 0 Å². The fourth-order valence-electron chi connectivity index (χ4n) is 3.59. The molecule has 0 spiro atoms. The van der Waals surface area contributed by atoms with Gasteiger partial charge < -0.3 is 18.9 Å². The highest BCUT2D eigenvalue weighted by Crippen LogP contribution is 2.30. The zero-order valence-corrected chi connectivity index (χ0v) is 23.2. The van der Waals surface area contributed by atoms with E-state index < -0.39 is 18.3 Å². The Morgan fingerprint density at radius 3 is 1.83 bits per heavy atom. The second-order valence-corrected chi connectivity index (χ2v) is 13.0. The van der Waals surface area contributed by atoms with Gasteiger partial charge in [-0.15, -0.1) is 6.58 Å². The standard InChI is InChI=1S/C28H46O7/c1-11-12-32-20-13-19(18-33-22(29)15-26(2,3)4)14-21(34-23(30)16-27(5,6)7)25(20)35-24(31)17-28(8,9)10/h11,13,20-21,25H,1,12,14-18H2,2-10H3/t20-,21+,25-/m0/s1. The summed E-state index contributed by atoms with van der Waals surface area (Å²) in [5.41, 5.74) is 0.0388. The number of ether oxygens (including phenoxy) is 4. The van der Waals surface area contributed by atoms with Crippen LogP contribution in [0.4, 0.5) is 0 Å². The van der Waals surface area contributed by atoms with E-state index >= 15 is 0 Å². The SMILES string of the molecule is C=CCO[C@H]1C=C(COC(=O)CC(C)(C)C)C[C@@H](OC(=O)CC(C)(C)C)[C@H]1OC(=O)CC(C)(C)C. The summed E-state index contributed by atoms with van der Waals surface area (Å²) in [5.74, 6) is -1.07. The summed E-state index contributed by atoms with van der Waals surface area (Å²) < 4.78 is 23.1. The Morgan fingerprint density at radius 1 is 0.857 bits per heavy atom. The van der Waals surface area contributed by atoms with Gasteiger partial charge in [-0.2, -0.15) is 0 Å². The molecule has 0 aromatic rings. The van der Waals surface area contributed by atoms with E-state index in [1.165, 1.54) is 0 Å². The Bertz CT molecular complexity index is 775. The molecule has 1 rings (SSSR count). The summed E-state index contributed by atoms with van der Waals surface area (Å²) in [6.07, 6.45) is 2.14. The maximum absolute atomic E-state index is 12.7. The minimum Gasteiger partial charge on any atom is -0.461 e. The van der Waals surface area contributed by atoms with Crippen LogP contribution < -0.4 is 0 Å². The quantitative estimate of drug-likeness (QED) is 0.223. The van der Waals surface area contributed by atoms with Crippen LogP contribution in [0.2, 0.25) is 0 Å². The van der Waals surface area contributed by atoms with Crippen LogP contribution in [0.5, 0.6) is 0 Å². The molecule has 3 atom stereocenters. The maximum Gasteiger partial charge on any atom is 0.306 e. The molecular weight excluding hydrogens is 448 g/mol. The lowest BCUT2D eigenvalue weighted by atomic mass is 9.90. The Morgan fingerprint density at radius 2 is 1.34 bits per heavy atom. The average Bonchev–Trinajstić information content (AvgIpc) is 2.62. The van der Waals surface area contributed by atoms with Gasteiger partial charge >= 0.3 is 17.9 Å². The highest BCUT2D eigenvalue weighted by atomic mass is 16.6. The Balaban J connectivity index is 3.15. The minimum atomic E-state index is -0.817. The number of hydrogen-bond acceptors (Lipinski definition) is 7. The van der Waals surface area contributed by atoms with Crippen LogP contribution in [-0.2, 0) is 33.3 Å². The van der Waals surface area contributed by atoms with Gasteiger partial charge in [0.25, 0.3) is 0 Å². The molecule has 0 fully saturated rings. The molecule has 7 heteroatoms. The van der Waals surface area contributed by atoms with E-state index in [2.05, 4.69) is 6.58 Å². The molecule has 0 aliphatic heterocycles. The first kappa shape index (κ1) is 30.9. The summed E-state index contributed by atoms with van der Waals surface area (Å²) in [7, 11) is 0. The number of rotatable bonds is 10. The first-order valence-corrected chi connectivity index (χ1v) is 12.4. The predicted molar refractivity (Wildman–Crippen MR) is 136 cm³/mol. The molecule has 0 heterocycles. The summed E-state index contributed by atoms with van der Waals surface area (Å²) in [5, 5.41) is 0. The smallest absolute Gasteiger partial charge is 0.306 e. The first-order valence-electron chi connectivity index (χ1n) is 12.4. The molecule has 35 heavy (non-hydrogen) atoms. The van der Waals surface area contributed by atoms with Crippen molar-refractivity contribution < 1.29 is 33.3 Å². The molecule has 7 nitrogen and oxygen atoms in total. The minimum absolute atomic E-state index is 0.0544. The maximum atomic E-state index is 12.7. The zero-order chi connectivity index (χ0) is 27.0. The highest BCUT2D eigenvalue weighted by molar-refractivity contribution is 5.72. The molecule has 1 aliphatic rings. The van der Waals surface area contributed by atoms with Crippen LogP contribution in [-0.4, -0.2) is 49.4 Å². The zero-order valence-electron chi connectivity index (χ0n) is 23.2. The summed E-state index contributed by atoms with van der Waals surface area (Å²) in [6, 6.07) is 0. The van der Waals surface area contributed by atoms with Crippen LogP contribution in [0.25, 0.3) is 0 Å². The fraction of sp³-hybridized carbons (Fsp3) is 0.750. The van der Waals surface area contributed by atoms with Gasteiger partial charge in [-0.1, -0.05) is 68.4 Å². The molecule has 1 aliphatic carbocycles. The summed E-state index contributed by atoms with van der Waals surface area (Å²) >= 11 is 0. The normalized spacial score (nSPS) is 21.1. The van der Waals surface area contributed by atoms with Gasteiger partial charge in [0.2, 0.25) is 0 Å². The number of hydrogen-bond donors (Lipinski definition) is 0. The third-order valence-corrected chi connectivity index (χ3v) is 4.95. The van der Waals surface area contributed by atoms with E-state index in [1.54, 1.807) is 12.2 Å². The molecule has 0 amide bonds. The Kier molecular flexibility index (Phi) is 11.2. The van der Waals surface area contributed by atoms with Crippen LogP contribution in [0, 0.1) is 16.2 Å². The lowest BCUT2D eigenvalue weighted by molar-refractivity contribution is -0.181. The van der Waals surface area contributed by atoms with E-state index in [1.807, 2.05) is 62.3 Å². The van der Waals surface area contributed by atoms with E-state index in [0.717, 1.165) is 5.57 Å². The number of carbonyl (C=O) groups excluding carboxylic acids is 3.